The average Bonchev–Trinajstić information content (AvgIpc) is 3.36. The second kappa shape index (κ2) is 10.3. The van der Waals surface area contributed by atoms with Crippen molar-refractivity contribution < 1.29 is 9.53 Å². The van der Waals surface area contributed by atoms with Crippen LogP contribution in [0.5, 0.6) is 5.75 Å². The van der Waals surface area contributed by atoms with Gasteiger partial charge in [0, 0.05) is 37.5 Å². The monoisotopic (exact) mass is 500 g/mol. The Morgan fingerprint density at radius 2 is 2.00 bits per heavy atom. The molecule has 0 aromatic heterocycles. The van der Waals surface area contributed by atoms with Crippen LogP contribution in [0, 0.1) is 0 Å². The summed E-state index contributed by atoms with van der Waals surface area (Å²) in [5, 5.41) is 6.87. The number of hydrogen-bond donors (Lipinski definition) is 2. The van der Waals surface area contributed by atoms with Crippen molar-refractivity contribution in [1.29, 1.82) is 0 Å². The van der Waals surface area contributed by atoms with Gasteiger partial charge in [0.05, 0.1) is 13.7 Å². The van der Waals surface area contributed by atoms with E-state index >= 15 is 0 Å². The molecule has 2 N–H and O–H groups in total. The van der Waals surface area contributed by atoms with E-state index in [4.69, 9.17) is 9.73 Å². The van der Waals surface area contributed by atoms with Crippen molar-refractivity contribution in [1.82, 2.24) is 15.5 Å². The predicted molar refractivity (Wildman–Crippen MR) is 124 cm³/mol. The van der Waals surface area contributed by atoms with Crippen molar-refractivity contribution in [3.8, 4) is 5.75 Å². The second-order valence-corrected chi connectivity index (χ2v) is 7.53. The Labute approximate surface area is 185 Å². The SMILES string of the molecule is CCNC(=NCC1(c2ccc(OC)cc2)CC1)NC1CCN(C(=O)CC)C1.I. The van der Waals surface area contributed by atoms with Crippen LogP contribution in [0.1, 0.15) is 45.1 Å². The van der Waals surface area contributed by atoms with Gasteiger partial charge in [0.1, 0.15) is 5.75 Å². The third-order valence-electron chi connectivity index (χ3n) is 5.62. The summed E-state index contributed by atoms with van der Waals surface area (Å²) in [5.41, 5.74) is 1.50. The maximum atomic E-state index is 11.9. The summed E-state index contributed by atoms with van der Waals surface area (Å²) in [6, 6.07) is 8.65. The van der Waals surface area contributed by atoms with Crippen LogP contribution in [0.15, 0.2) is 29.3 Å². The van der Waals surface area contributed by atoms with Gasteiger partial charge in [-0.15, -0.1) is 24.0 Å². The number of methoxy groups -OCH3 is 1. The largest absolute Gasteiger partial charge is 0.497 e. The first-order valence-electron chi connectivity index (χ1n) is 10.1. The Morgan fingerprint density at radius 1 is 1.29 bits per heavy atom. The molecule has 0 radical (unpaired) electrons. The molecule has 0 bridgehead atoms. The molecule has 1 heterocycles. The minimum Gasteiger partial charge on any atom is -0.497 e. The lowest BCUT2D eigenvalue weighted by atomic mass is 9.96. The fourth-order valence-electron chi connectivity index (χ4n) is 3.71. The summed E-state index contributed by atoms with van der Waals surface area (Å²) in [5.74, 6) is 1.98. The number of carbonyl (C=O) groups excluding carboxylic acids is 1. The molecule has 1 aliphatic carbocycles. The van der Waals surface area contributed by atoms with Crippen LogP contribution in [0.3, 0.4) is 0 Å². The molecule has 0 spiro atoms. The number of nitrogens with zero attached hydrogens (tertiary/aromatic N) is 2. The van der Waals surface area contributed by atoms with Crippen molar-refractivity contribution in [2.24, 2.45) is 4.99 Å². The van der Waals surface area contributed by atoms with Crippen molar-refractivity contribution in [2.45, 2.75) is 51.0 Å². The molecule has 1 saturated carbocycles. The van der Waals surface area contributed by atoms with E-state index in [0.29, 0.717) is 6.42 Å². The molecule has 1 amide bonds. The summed E-state index contributed by atoms with van der Waals surface area (Å²) in [7, 11) is 1.69. The quantitative estimate of drug-likeness (QED) is 0.344. The molecule has 2 aliphatic rings. The van der Waals surface area contributed by atoms with Crippen LogP contribution in [0.25, 0.3) is 0 Å². The van der Waals surface area contributed by atoms with Crippen LogP contribution < -0.4 is 15.4 Å². The van der Waals surface area contributed by atoms with Crippen LogP contribution in [-0.4, -0.2) is 56.1 Å². The summed E-state index contributed by atoms with van der Waals surface area (Å²) >= 11 is 0. The van der Waals surface area contributed by atoms with Crippen molar-refractivity contribution in [3.05, 3.63) is 29.8 Å². The number of halogens is 1. The van der Waals surface area contributed by atoms with Gasteiger partial charge in [-0.25, -0.2) is 0 Å². The molecular formula is C21H33IN4O2. The van der Waals surface area contributed by atoms with E-state index in [1.165, 1.54) is 18.4 Å². The van der Waals surface area contributed by atoms with Gasteiger partial charge in [0.25, 0.3) is 0 Å². The average molecular weight is 500 g/mol. The van der Waals surface area contributed by atoms with Crippen molar-refractivity contribution in [3.63, 3.8) is 0 Å². The molecule has 1 aromatic rings. The maximum absolute atomic E-state index is 11.9. The molecule has 3 rings (SSSR count). The summed E-state index contributed by atoms with van der Waals surface area (Å²) in [4.78, 5) is 18.7. The lowest BCUT2D eigenvalue weighted by Crippen LogP contribution is -2.45. The number of nitrogens with one attached hydrogen (secondary N) is 2. The van der Waals surface area contributed by atoms with Gasteiger partial charge in [-0.2, -0.15) is 0 Å². The van der Waals surface area contributed by atoms with Gasteiger partial charge in [0.2, 0.25) is 5.91 Å². The predicted octanol–water partition coefficient (Wildman–Crippen LogP) is 2.91. The number of ether oxygens (including phenoxy) is 1. The van der Waals surface area contributed by atoms with E-state index in [0.717, 1.165) is 44.3 Å². The number of carbonyl (C=O) groups is 1. The van der Waals surface area contributed by atoms with E-state index in [2.05, 4.69) is 29.7 Å². The molecule has 1 unspecified atom stereocenters. The Bertz CT molecular complexity index is 673. The topological polar surface area (TPSA) is 66.0 Å². The number of likely N-dealkylation sites (tertiary alicyclic amines) is 1. The van der Waals surface area contributed by atoms with Crippen LogP contribution >= 0.6 is 24.0 Å². The number of hydrogen-bond acceptors (Lipinski definition) is 3. The molecule has 156 valence electrons. The Kier molecular flexibility index (Phi) is 8.39. The van der Waals surface area contributed by atoms with Gasteiger partial charge in [-0.1, -0.05) is 19.1 Å². The number of benzene rings is 1. The van der Waals surface area contributed by atoms with E-state index in [-0.39, 0.29) is 41.3 Å². The van der Waals surface area contributed by atoms with E-state index in [1.807, 2.05) is 24.0 Å². The van der Waals surface area contributed by atoms with Gasteiger partial charge in [-0.05, 0) is 43.9 Å². The molecule has 7 heteroatoms. The third-order valence-corrected chi connectivity index (χ3v) is 5.62. The molecule has 1 saturated heterocycles. The van der Waals surface area contributed by atoms with Crippen LogP contribution in [0.2, 0.25) is 0 Å². The molecule has 1 aliphatic heterocycles. The van der Waals surface area contributed by atoms with E-state index in [9.17, 15) is 4.79 Å². The number of rotatable bonds is 7. The van der Waals surface area contributed by atoms with E-state index in [1.54, 1.807) is 7.11 Å². The highest BCUT2D eigenvalue weighted by Crippen LogP contribution is 2.48. The smallest absolute Gasteiger partial charge is 0.222 e. The van der Waals surface area contributed by atoms with Crippen LogP contribution in [-0.2, 0) is 10.2 Å². The van der Waals surface area contributed by atoms with Crippen molar-refractivity contribution in [2.75, 3.05) is 33.3 Å². The third kappa shape index (κ3) is 5.52. The first-order chi connectivity index (χ1) is 13.1. The standard InChI is InChI=1S/C21H32N4O2.HI/c1-4-19(26)25-13-10-17(14-25)24-20(22-5-2)23-15-21(11-12-21)16-6-8-18(27-3)9-7-16;/h6-9,17H,4-5,10-15H2,1-3H3,(H2,22,23,24);1H. The first-order valence-corrected chi connectivity index (χ1v) is 10.1. The summed E-state index contributed by atoms with van der Waals surface area (Å²) in [6.45, 7) is 7.20. The highest BCUT2D eigenvalue weighted by Gasteiger charge is 2.44. The maximum Gasteiger partial charge on any atom is 0.222 e. The molecule has 28 heavy (non-hydrogen) atoms. The minimum atomic E-state index is 0. The van der Waals surface area contributed by atoms with Crippen LogP contribution in [0.4, 0.5) is 0 Å². The number of aliphatic imine (C=N–C) groups is 1. The zero-order valence-electron chi connectivity index (χ0n) is 17.2. The number of amides is 1. The van der Waals surface area contributed by atoms with Gasteiger partial charge in [-0.3, -0.25) is 9.79 Å². The van der Waals surface area contributed by atoms with Crippen molar-refractivity contribution >= 4 is 35.8 Å². The molecular weight excluding hydrogens is 467 g/mol. The lowest BCUT2D eigenvalue weighted by molar-refractivity contribution is -0.129. The molecule has 6 nitrogen and oxygen atoms in total. The fraction of sp³-hybridized carbons (Fsp3) is 0.619. The lowest BCUT2D eigenvalue weighted by Gasteiger charge is -2.20. The normalized spacial score (nSPS) is 20.3. The summed E-state index contributed by atoms with van der Waals surface area (Å²) < 4.78 is 5.26. The van der Waals surface area contributed by atoms with Gasteiger partial charge < -0.3 is 20.3 Å². The Hall–Kier alpha value is -1.51. The minimum absolute atomic E-state index is 0. The first kappa shape index (κ1) is 22.8. The van der Waals surface area contributed by atoms with Gasteiger partial charge >= 0.3 is 0 Å². The Morgan fingerprint density at radius 3 is 2.57 bits per heavy atom. The zero-order chi connectivity index (χ0) is 19.3. The Balaban J connectivity index is 0.00000280. The van der Waals surface area contributed by atoms with E-state index < -0.39 is 0 Å². The second-order valence-electron chi connectivity index (χ2n) is 7.53. The number of guanidine groups is 1. The molecule has 2 fully saturated rings. The fourth-order valence-corrected chi connectivity index (χ4v) is 3.71. The molecule has 1 aromatic carbocycles. The molecule has 1 atom stereocenters. The zero-order valence-corrected chi connectivity index (χ0v) is 19.5. The highest BCUT2D eigenvalue weighted by atomic mass is 127. The van der Waals surface area contributed by atoms with Gasteiger partial charge in [0.15, 0.2) is 5.96 Å². The summed E-state index contributed by atoms with van der Waals surface area (Å²) in [6.07, 6.45) is 3.89. The highest BCUT2D eigenvalue weighted by molar-refractivity contribution is 14.0.